The highest BCUT2D eigenvalue weighted by molar-refractivity contribution is 6.33. The van der Waals surface area contributed by atoms with E-state index in [1.54, 1.807) is 48.5 Å². The number of nitrogens with zero attached hydrogens (tertiary/aromatic N) is 4. The van der Waals surface area contributed by atoms with Crippen LogP contribution in [0, 0.1) is 17.3 Å². The molecule has 2 aromatic heterocycles. The van der Waals surface area contributed by atoms with Crippen LogP contribution >= 0.6 is 11.6 Å². The van der Waals surface area contributed by atoms with Crippen LogP contribution in [0.3, 0.4) is 0 Å². The van der Waals surface area contributed by atoms with Gasteiger partial charge in [0, 0.05) is 11.9 Å². The average Bonchev–Trinajstić information content (AvgIpc) is 3.25. The highest BCUT2D eigenvalue weighted by atomic mass is 35.5. The summed E-state index contributed by atoms with van der Waals surface area (Å²) in [5, 5.41) is 17.6. The van der Waals surface area contributed by atoms with Crippen molar-refractivity contribution in [2.45, 2.75) is 32.3 Å². The summed E-state index contributed by atoms with van der Waals surface area (Å²) >= 11 is 6.49. The maximum absolute atomic E-state index is 15.4. The van der Waals surface area contributed by atoms with Gasteiger partial charge < -0.3 is 14.8 Å². The largest absolute Gasteiger partial charge is 0.366 e. The minimum atomic E-state index is -0.781. The van der Waals surface area contributed by atoms with E-state index in [-0.39, 0.29) is 40.3 Å². The fourth-order valence-electron chi connectivity index (χ4n) is 4.23. The lowest BCUT2D eigenvalue weighted by Crippen LogP contribution is -2.26. The summed E-state index contributed by atoms with van der Waals surface area (Å²) in [4.78, 5) is 17.2. The number of rotatable bonds is 6. The molecule has 1 atom stereocenters. The van der Waals surface area contributed by atoms with E-state index in [0.29, 0.717) is 29.5 Å². The molecule has 188 valence electrons. The Hall–Kier alpha value is -3.84. The monoisotopic (exact) mass is 519 g/mol. The molecular formula is C27H23ClFN5O3. The molecule has 1 unspecified atom stereocenters. The molecular weight excluding hydrogens is 497 g/mol. The van der Waals surface area contributed by atoms with Gasteiger partial charge in [0.25, 0.3) is 5.56 Å². The van der Waals surface area contributed by atoms with Crippen molar-refractivity contribution < 1.29 is 13.9 Å². The van der Waals surface area contributed by atoms with E-state index in [2.05, 4.69) is 21.5 Å². The molecule has 0 aliphatic carbocycles. The molecule has 1 N–H and O–H groups in total. The number of ether oxygens (including phenoxy) is 2. The average molecular weight is 520 g/mol. The number of hydrogen-bond donors (Lipinski definition) is 1. The molecule has 0 spiro atoms. The first-order chi connectivity index (χ1) is 17.7. The predicted octanol–water partition coefficient (Wildman–Crippen LogP) is 4.73. The molecule has 4 aromatic rings. The zero-order valence-electron chi connectivity index (χ0n) is 20.2. The maximum Gasteiger partial charge on any atom is 0.274 e. The normalized spacial score (nSPS) is 16.6. The second-order valence-electron chi connectivity index (χ2n) is 9.15. The van der Waals surface area contributed by atoms with Crippen molar-refractivity contribution in [3.05, 3.63) is 87.0 Å². The zero-order valence-corrected chi connectivity index (χ0v) is 20.9. The van der Waals surface area contributed by atoms with Crippen molar-refractivity contribution >= 4 is 28.2 Å². The number of anilines is 1. The number of hydrogen-bond acceptors (Lipinski definition) is 7. The van der Waals surface area contributed by atoms with E-state index in [1.807, 2.05) is 13.8 Å². The third kappa shape index (κ3) is 5.18. The van der Waals surface area contributed by atoms with E-state index >= 15 is 4.39 Å². The molecule has 1 fully saturated rings. The van der Waals surface area contributed by atoms with Crippen LogP contribution < -0.4 is 10.9 Å². The molecule has 1 aliphatic rings. The lowest BCUT2D eigenvalue weighted by Gasteiger charge is -2.18. The van der Waals surface area contributed by atoms with Crippen molar-refractivity contribution in [2.75, 3.05) is 18.5 Å². The van der Waals surface area contributed by atoms with E-state index in [4.69, 9.17) is 26.3 Å². The third-order valence-electron chi connectivity index (χ3n) is 6.03. The van der Waals surface area contributed by atoms with Crippen molar-refractivity contribution in [3.63, 3.8) is 0 Å². The van der Waals surface area contributed by atoms with Crippen molar-refractivity contribution in [3.8, 4) is 17.3 Å². The first-order valence-corrected chi connectivity index (χ1v) is 12.0. The Morgan fingerprint density at radius 1 is 1.22 bits per heavy atom. The standard InChI is InChI=1S/C27H23ClFN5O3/c1-27(2)36-15-18(37-27)13-31-25-22(28)11-21(24(29)32-25)23-19-5-3-4-6-20(19)26(35)34(33-23)14-17-9-7-16(12-30)8-10-17/h3-11,18H,13-15H2,1-2H3,(H,31,32). The zero-order chi connectivity index (χ0) is 26.2. The molecule has 5 rings (SSSR count). The van der Waals surface area contributed by atoms with Crippen LogP contribution in [-0.2, 0) is 16.0 Å². The Balaban J connectivity index is 1.50. The summed E-state index contributed by atoms with van der Waals surface area (Å²) in [6.45, 7) is 4.53. The first kappa shape index (κ1) is 24.8. The van der Waals surface area contributed by atoms with Crippen molar-refractivity contribution in [2.24, 2.45) is 0 Å². The molecule has 1 saturated heterocycles. The van der Waals surface area contributed by atoms with Gasteiger partial charge in [-0.05, 0) is 43.7 Å². The number of halogens is 2. The minimum Gasteiger partial charge on any atom is -0.366 e. The van der Waals surface area contributed by atoms with Crippen LogP contribution in [0.25, 0.3) is 22.0 Å². The summed E-state index contributed by atoms with van der Waals surface area (Å²) < 4.78 is 28.0. The smallest absolute Gasteiger partial charge is 0.274 e. The van der Waals surface area contributed by atoms with Gasteiger partial charge in [0.05, 0.1) is 40.8 Å². The van der Waals surface area contributed by atoms with E-state index in [0.717, 1.165) is 5.56 Å². The molecule has 2 aromatic carbocycles. The van der Waals surface area contributed by atoms with Gasteiger partial charge in [-0.25, -0.2) is 9.67 Å². The van der Waals surface area contributed by atoms with E-state index in [1.165, 1.54) is 10.7 Å². The highest BCUT2D eigenvalue weighted by Crippen LogP contribution is 2.32. The van der Waals surface area contributed by atoms with Crippen molar-refractivity contribution in [1.29, 1.82) is 5.26 Å². The summed E-state index contributed by atoms with van der Waals surface area (Å²) in [7, 11) is 0. The molecule has 3 heterocycles. The molecule has 10 heteroatoms. The lowest BCUT2D eigenvalue weighted by atomic mass is 10.1. The van der Waals surface area contributed by atoms with Crippen molar-refractivity contribution in [1.82, 2.24) is 14.8 Å². The number of benzene rings is 2. The van der Waals surface area contributed by atoms with Crippen LogP contribution in [0.15, 0.2) is 59.4 Å². The lowest BCUT2D eigenvalue weighted by molar-refractivity contribution is -0.136. The Kier molecular flexibility index (Phi) is 6.65. The van der Waals surface area contributed by atoms with Gasteiger partial charge in [0.1, 0.15) is 17.6 Å². The van der Waals surface area contributed by atoms with Gasteiger partial charge in [-0.1, -0.05) is 41.9 Å². The molecule has 0 amide bonds. The predicted molar refractivity (Wildman–Crippen MR) is 138 cm³/mol. The van der Waals surface area contributed by atoms with Gasteiger partial charge in [-0.3, -0.25) is 4.79 Å². The third-order valence-corrected chi connectivity index (χ3v) is 6.32. The Morgan fingerprint density at radius 2 is 1.95 bits per heavy atom. The summed E-state index contributed by atoms with van der Waals surface area (Å²) in [6.07, 6.45) is -0.230. The topological polar surface area (TPSA) is 102 Å². The Morgan fingerprint density at radius 3 is 2.62 bits per heavy atom. The van der Waals surface area contributed by atoms with Gasteiger partial charge >= 0.3 is 0 Å². The number of aromatic nitrogens is 3. The minimum absolute atomic E-state index is 0.0712. The molecule has 37 heavy (non-hydrogen) atoms. The molecule has 8 nitrogen and oxygen atoms in total. The fourth-order valence-corrected chi connectivity index (χ4v) is 4.45. The first-order valence-electron chi connectivity index (χ1n) is 11.6. The van der Waals surface area contributed by atoms with Crippen LogP contribution in [0.2, 0.25) is 5.02 Å². The summed E-state index contributed by atoms with van der Waals surface area (Å²) in [5.41, 5.74) is 1.28. The van der Waals surface area contributed by atoms with E-state index < -0.39 is 11.7 Å². The van der Waals surface area contributed by atoms with Gasteiger partial charge in [-0.2, -0.15) is 14.8 Å². The molecule has 0 bridgehead atoms. The highest BCUT2D eigenvalue weighted by Gasteiger charge is 2.32. The van der Waals surface area contributed by atoms with E-state index in [9.17, 15) is 4.79 Å². The quantitative estimate of drug-likeness (QED) is 0.367. The van der Waals surface area contributed by atoms with Gasteiger partial charge in [0.2, 0.25) is 5.95 Å². The fraction of sp³-hybridized carbons (Fsp3) is 0.259. The Labute approximate surface area is 217 Å². The number of fused-ring (bicyclic) bond motifs is 1. The van der Waals surface area contributed by atoms with Gasteiger partial charge in [0.15, 0.2) is 5.79 Å². The SMILES string of the molecule is CC1(C)OCC(CNc2nc(F)c(-c3nn(Cc4ccc(C#N)cc4)c(=O)c4ccccc34)cc2Cl)O1. The van der Waals surface area contributed by atoms with Crippen LogP contribution in [0.1, 0.15) is 25.0 Å². The van der Waals surface area contributed by atoms with Crippen LogP contribution in [-0.4, -0.2) is 39.8 Å². The summed E-state index contributed by atoms with van der Waals surface area (Å²) in [6, 6.07) is 17.2. The number of nitriles is 1. The molecule has 1 aliphatic heterocycles. The van der Waals surface area contributed by atoms with Crippen LogP contribution in [0.4, 0.5) is 10.2 Å². The van der Waals surface area contributed by atoms with Crippen LogP contribution in [0.5, 0.6) is 0 Å². The maximum atomic E-state index is 15.4. The second kappa shape index (κ2) is 9.90. The molecule has 0 radical (unpaired) electrons. The Bertz CT molecular complexity index is 1580. The number of nitrogens with one attached hydrogen (secondary N) is 1. The second-order valence-corrected chi connectivity index (χ2v) is 9.56. The van der Waals surface area contributed by atoms with Gasteiger partial charge in [-0.15, -0.1) is 0 Å². The molecule has 0 saturated carbocycles. The number of pyridine rings is 1. The summed E-state index contributed by atoms with van der Waals surface area (Å²) in [5.74, 6) is -1.28.